The van der Waals surface area contributed by atoms with Gasteiger partial charge in [0.2, 0.25) is 9.84 Å². The van der Waals surface area contributed by atoms with Crippen LogP contribution in [0.5, 0.6) is 0 Å². The van der Waals surface area contributed by atoms with Crippen LogP contribution >= 0.6 is 11.3 Å². The molecule has 3 heterocycles. The second-order valence-electron chi connectivity index (χ2n) is 8.08. The number of carbonyl (C=O) groups excluding carboxylic acids is 1. The maximum absolute atomic E-state index is 12.6. The number of ether oxygens (including phenoxy) is 1. The first-order valence-corrected chi connectivity index (χ1v) is 11.9. The average molecular weight is 439 g/mol. The summed E-state index contributed by atoms with van der Waals surface area (Å²) in [6.45, 7) is 8.43. The van der Waals surface area contributed by atoms with E-state index in [-0.39, 0.29) is 22.9 Å². The Morgan fingerprint density at radius 2 is 2.14 bits per heavy atom. The molecule has 158 valence electrons. The number of likely N-dealkylation sites (tertiary alicyclic amines) is 1. The van der Waals surface area contributed by atoms with E-state index in [4.69, 9.17) is 4.74 Å². The van der Waals surface area contributed by atoms with E-state index >= 15 is 0 Å². The van der Waals surface area contributed by atoms with E-state index in [1.807, 2.05) is 20.8 Å². The zero-order valence-corrected chi connectivity index (χ0v) is 18.6. The summed E-state index contributed by atoms with van der Waals surface area (Å²) in [7, 11) is -3.55. The van der Waals surface area contributed by atoms with Gasteiger partial charge in [0.05, 0.1) is 28.3 Å². The molecular formula is C19H26N4O4S2. The Hall–Kier alpha value is -2.20. The summed E-state index contributed by atoms with van der Waals surface area (Å²) in [4.78, 5) is 22.2. The monoisotopic (exact) mass is 438 g/mol. The third-order valence-electron chi connectivity index (χ3n) is 4.40. The fourth-order valence-electron chi connectivity index (χ4n) is 3.03. The van der Waals surface area contributed by atoms with E-state index in [0.29, 0.717) is 24.5 Å². The lowest BCUT2D eigenvalue weighted by atomic mass is 10.2. The van der Waals surface area contributed by atoms with Gasteiger partial charge in [-0.25, -0.2) is 23.2 Å². The number of sulfone groups is 1. The number of hydrogen-bond donors (Lipinski definition) is 1. The van der Waals surface area contributed by atoms with Gasteiger partial charge in [0.15, 0.2) is 5.03 Å². The van der Waals surface area contributed by atoms with Gasteiger partial charge in [-0.3, -0.25) is 0 Å². The molecule has 3 rings (SSSR count). The summed E-state index contributed by atoms with van der Waals surface area (Å²) in [5.41, 5.74) is 2.96. The van der Waals surface area contributed by atoms with Crippen LogP contribution in [0.1, 0.15) is 38.6 Å². The van der Waals surface area contributed by atoms with Crippen molar-refractivity contribution in [2.45, 2.75) is 56.5 Å². The second kappa shape index (κ2) is 8.27. The molecule has 0 spiro atoms. The minimum Gasteiger partial charge on any atom is -0.444 e. The van der Waals surface area contributed by atoms with Crippen LogP contribution in [-0.2, 0) is 20.3 Å². The molecule has 10 heteroatoms. The lowest BCUT2D eigenvalue weighted by Gasteiger charge is -2.24. The van der Waals surface area contributed by atoms with E-state index in [2.05, 4.69) is 15.3 Å². The van der Waals surface area contributed by atoms with E-state index in [0.717, 1.165) is 12.1 Å². The summed E-state index contributed by atoms with van der Waals surface area (Å²) in [5, 5.41) is 5.12. The number of thiazole rings is 1. The molecule has 29 heavy (non-hydrogen) atoms. The maximum Gasteiger partial charge on any atom is 0.410 e. The van der Waals surface area contributed by atoms with Crippen LogP contribution in [0.4, 0.5) is 10.5 Å². The fourth-order valence-corrected chi connectivity index (χ4v) is 4.94. The topological polar surface area (TPSA) is 101 Å². The Morgan fingerprint density at radius 3 is 2.76 bits per heavy atom. The van der Waals surface area contributed by atoms with Crippen molar-refractivity contribution in [3.05, 3.63) is 34.4 Å². The Kier molecular flexibility index (Phi) is 6.13. The van der Waals surface area contributed by atoms with Gasteiger partial charge in [0, 0.05) is 24.5 Å². The third-order valence-corrected chi connectivity index (χ3v) is 6.58. The fraction of sp³-hybridized carbons (Fsp3) is 0.526. The number of anilines is 1. The summed E-state index contributed by atoms with van der Waals surface area (Å²) in [6, 6.07) is 3.30. The summed E-state index contributed by atoms with van der Waals surface area (Å²) < 4.78 is 30.5. The van der Waals surface area contributed by atoms with Gasteiger partial charge in [0.1, 0.15) is 5.60 Å². The number of amides is 1. The Labute approximate surface area is 175 Å². The summed E-state index contributed by atoms with van der Waals surface area (Å²) >= 11 is 1.36. The van der Waals surface area contributed by atoms with Crippen LogP contribution < -0.4 is 5.32 Å². The largest absolute Gasteiger partial charge is 0.444 e. The lowest BCUT2D eigenvalue weighted by Crippen LogP contribution is -2.36. The molecule has 8 nitrogen and oxygen atoms in total. The van der Waals surface area contributed by atoms with E-state index in [9.17, 15) is 13.2 Å². The molecule has 1 atom stereocenters. The molecule has 1 N–H and O–H groups in total. The van der Waals surface area contributed by atoms with Crippen molar-refractivity contribution in [3.63, 3.8) is 0 Å². The molecule has 1 aliphatic heterocycles. The first kappa shape index (κ1) is 21.5. The zero-order chi connectivity index (χ0) is 21.2. The summed E-state index contributed by atoms with van der Waals surface area (Å²) in [5.74, 6) is -0.164. The Bertz CT molecular complexity index is 969. The van der Waals surface area contributed by atoms with Crippen molar-refractivity contribution < 1.29 is 17.9 Å². The SMILES string of the molecule is Cc1nc(S(=O)(=O)Cc2cscn2)ccc1N[C@H]1CCN(C(=O)OC(C)(C)C)C1. The Morgan fingerprint density at radius 1 is 1.38 bits per heavy atom. The highest BCUT2D eigenvalue weighted by molar-refractivity contribution is 7.90. The molecule has 1 saturated heterocycles. The number of aryl methyl sites for hydroxylation is 1. The Balaban J connectivity index is 1.63. The zero-order valence-electron chi connectivity index (χ0n) is 17.0. The highest BCUT2D eigenvalue weighted by Gasteiger charge is 2.30. The van der Waals surface area contributed by atoms with E-state index in [1.165, 1.54) is 17.4 Å². The van der Waals surface area contributed by atoms with Gasteiger partial charge in [-0.2, -0.15) is 0 Å². The van der Waals surface area contributed by atoms with Crippen molar-refractivity contribution in [3.8, 4) is 0 Å². The van der Waals surface area contributed by atoms with Gasteiger partial charge in [-0.15, -0.1) is 11.3 Å². The molecule has 2 aromatic rings. The molecule has 0 aliphatic carbocycles. The molecule has 1 fully saturated rings. The van der Waals surface area contributed by atoms with Gasteiger partial charge < -0.3 is 15.0 Å². The number of nitrogens with one attached hydrogen (secondary N) is 1. The molecule has 0 saturated carbocycles. The number of rotatable bonds is 5. The molecule has 0 aromatic carbocycles. The van der Waals surface area contributed by atoms with Crippen molar-refractivity contribution in [2.24, 2.45) is 0 Å². The molecule has 0 radical (unpaired) electrons. The molecule has 2 aromatic heterocycles. The van der Waals surface area contributed by atoms with Crippen molar-refractivity contribution in [1.82, 2.24) is 14.9 Å². The molecular weight excluding hydrogens is 412 g/mol. The van der Waals surface area contributed by atoms with Crippen LogP contribution in [0.2, 0.25) is 0 Å². The second-order valence-corrected chi connectivity index (χ2v) is 10.7. The molecule has 0 unspecified atom stereocenters. The standard InChI is InChI=1S/C19H26N4O4S2/c1-13-16(22-14-7-8-23(9-14)18(24)27-19(2,3)4)5-6-17(21-13)29(25,26)11-15-10-28-12-20-15/h5-6,10,12,14,22H,7-9,11H2,1-4H3/t14-/m0/s1. The summed E-state index contributed by atoms with van der Waals surface area (Å²) in [6.07, 6.45) is 0.461. The number of nitrogens with zero attached hydrogens (tertiary/aromatic N) is 3. The highest BCUT2D eigenvalue weighted by Crippen LogP contribution is 2.23. The molecule has 1 amide bonds. The smallest absolute Gasteiger partial charge is 0.410 e. The van der Waals surface area contributed by atoms with Crippen molar-refractivity contribution >= 4 is 33.0 Å². The highest BCUT2D eigenvalue weighted by atomic mass is 32.2. The van der Waals surface area contributed by atoms with Gasteiger partial charge in [-0.05, 0) is 46.2 Å². The van der Waals surface area contributed by atoms with Gasteiger partial charge in [-0.1, -0.05) is 0 Å². The first-order chi connectivity index (χ1) is 13.5. The number of aromatic nitrogens is 2. The number of pyridine rings is 1. The van der Waals surface area contributed by atoms with Crippen LogP contribution in [0.3, 0.4) is 0 Å². The third kappa shape index (κ3) is 5.66. The lowest BCUT2D eigenvalue weighted by molar-refractivity contribution is 0.0293. The predicted octanol–water partition coefficient (Wildman–Crippen LogP) is 3.24. The van der Waals surface area contributed by atoms with Gasteiger partial charge in [0.25, 0.3) is 0 Å². The molecule has 0 bridgehead atoms. The molecule has 1 aliphatic rings. The van der Waals surface area contributed by atoms with Gasteiger partial charge >= 0.3 is 6.09 Å². The van der Waals surface area contributed by atoms with E-state index < -0.39 is 15.4 Å². The first-order valence-electron chi connectivity index (χ1n) is 9.35. The quantitative estimate of drug-likeness (QED) is 0.764. The number of hydrogen-bond acceptors (Lipinski definition) is 8. The predicted molar refractivity (Wildman–Crippen MR) is 112 cm³/mol. The maximum atomic E-state index is 12.6. The minimum atomic E-state index is -3.55. The number of carbonyl (C=O) groups is 1. The van der Waals surface area contributed by atoms with Crippen LogP contribution in [-0.4, -0.2) is 54.1 Å². The minimum absolute atomic E-state index is 0.0374. The van der Waals surface area contributed by atoms with Crippen LogP contribution in [0.25, 0.3) is 0 Å². The normalized spacial score (nSPS) is 17.4. The van der Waals surface area contributed by atoms with Crippen LogP contribution in [0, 0.1) is 6.92 Å². The van der Waals surface area contributed by atoms with Crippen molar-refractivity contribution in [2.75, 3.05) is 18.4 Å². The van der Waals surface area contributed by atoms with Crippen molar-refractivity contribution in [1.29, 1.82) is 0 Å². The average Bonchev–Trinajstić information content (AvgIpc) is 3.26. The van der Waals surface area contributed by atoms with Crippen LogP contribution in [0.15, 0.2) is 28.0 Å². The van der Waals surface area contributed by atoms with E-state index in [1.54, 1.807) is 28.8 Å².